The number of hydrogen-bond acceptors (Lipinski definition) is 3. The number of amides is 1. The van der Waals surface area contributed by atoms with Crippen LogP contribution in [0, 0.1) is 6.92 Å². The standard InChI is InChI=1S/C18H28N2O2/c1-12-8-9-14(19)11-16(12)13-6-5-7-15(10-13)20-17(21)22-18(2,3)4/h8-9,11,13,15H,5-7,10,19H2,1-4H3,(H,20,21). The van der Waals surface area contributed by atoms with Gasteiger partial charge in [-0.15, -0.1) is 0 Å². The number of alkyl carbamates (subject to hydrolysis) is 1. The molecule has 1 amide bonds. The van der Waals surface area contributed by atoms with Crippen LogP contribution in [0.2, 0.25) is 0 Å². The Morgan fingerprint density at radius 2 is 2.05 bits per heavy atom. The van der Waals surface area contributed by atoms with Crippen molar-refractivity contribution in [2.45, 2.75) is 70.9 Å². The van der Waals surface area contributed by atoms with E-state index in [2.05, 4.69) is 24.4 Å². The molecular formula is C18H28N2O2. The molecule has 0 bridgehead atoms. The Balaban J connectivity index is 2.00. The van der Waals surface area contributed by atoms with E-state index >= 15 is 0 Å². The zero-order chi connectivity index (χ0) is 16.3. The Kier molecular flexibility index (Phi) is 4.99. The molecule has 0 aromatic heterocycles. The SMILES string of the molecule is Cc1ccc(N)cc1C1CCCC(NC(=O)OC(C)(C)C)C1. The van der Waals surface area contributed by atoms with Crippen LogP contribution < -0.4 is 11.1 Å². The first-order valence-electron chi connectivity index (χ1n) is 8.10. The molecule has 0 aliphatic heterocycles. The van der Waals surface area contributed by atoms with Gasteiger partial charge in [-0.1, -0.05) is 12.5 Å². The number of carbonyl (C=O) groups excluding carboxylic acids is 1. The van der Waals surface area contributed by atoms with Gasteiger partial charge in [0.1, 0.15) is 5.60 Å². The zero-order valence-electron chi connectivity index (χ0n) is 14.1. The minimum absolute atomic E-state index is 0.175. The van der Waals surface area contributed by atoms with Gasteiger partial charge in [-0.2, -0.15) is 0 Å². The van der Waals surface area contributed by atoms with E-state index in [4.69, 9.17) is 10.5 Å². The van der Waals surface area contributed by atoms with Gasteiger partial charge in [-0.05, 0) is 76.1 Å². The van der Waals surface area contributed by atoms with Gasteiger partial charge >= 0.3 is 6.09 Å². The molecule has 4 nitrogen and oxygen atoms in total. The highest BCUT2D eigenvalue weighted by atomic mass is 16.6. The normalized spacial score (nSPS) is 22.2. The van der Waals surface area contributed by atoms with Gasteiger partial charge in [-0.25, -0.2) is 4.79 Å². The minimum atomic E-state index is -0.456. The molecule has 2 rings (SSSR count). The second-order valence-corrected chi connectivity index (χ2v) is 7.32. The molecule has 0 saturated heterocycles. The van der Waals surface area contributed by atoms with Gasteiger partial charge in [0.05, 0.1) is 0 Å². The van der Waals surface area contributed by atoms with E-state index in [0.29, 0.717) is 5.92 Å². The van der Waals surface area contributed by atoms with Crippen molar-refractivity contribution >= 4 is 11.8 Å². The number of rotatable bonds is 2. The van der Waals surface area contributed by atoms with Crippen LogP contribution >= 0.6 is 0 Å². The number of hydrogen-bond donors (Lipinski definition) is 2. The third-order valence-electron chi connectivity index (χ3n) is 4.14. The fourth-order valence-electron chi connectivity index (χ4n) is 3.18. The van der Waals surface area contributed by atoms with Crippen LogP contribution in [0.15, 0.2) is 18.2 Å². The van der Waals surface area contributed by atoms with Crippen molar-refractivity contribution in [3.63, 3.8) is 0 Å². The van der Waals surface area contributed by atoms with Crippen molar-refractivity contribution < 1.29 is 9.53 Å². The lowest BCUT2D eigenvalue weighted by atomic mass is 9.80. The molecule has 122 valence electrons. The molecule has 4 heteroatoms. The molecule has 0 spiro atoms. The largest absolute Gasteiger partial charge is 0.444 e. The Hall–Kier alpha value is -1.71. The summed E-state index contributed by atoms with van der Waals surface area (Å²) in [6.45, 7) is 7.77. The van der Waals surface area contributed by atoms with Crippen LogP contribution in [0.5, 0.6) is 0 Å². The average Bonchev–Trinajstić information content (AvgIpc) is 2.39. The second-order valence-electron chi connectivity index (χ2n) is 7.32. The van der Waals surface area contributed by atoms with Crippen molar-refractivity contribution in [1.29, 1.82) is 0 Å². The Morgan fingerprint density at radius 3 is 2.73 bits per heavy atom. The number of nitrogen functional groups attached to an aromatic ring is 1. The number of aryl methyl sites for hydroxylation is 1. The molecule has 0 heterocycles. The Labute approximate surface area is 133 Å². The first kappa shape index (κ1) is 16.7. The molecule has 1 saturated carbocycles. The lowest BCUT2D eigenvalue weighted by molar-refractivity contribution is 0.0490. The summed E-state index contributed by atoms with van der Waals surface area (Å²) in [6, 6.07) is 6.28. The summed E-state index contributed by atoms with van der Waals surface area (Å²) in [5.74, 6) is 0.456. The number of ether oxygens (including phenoxy) is 1. The smallest absolute Gasteiger partial charge is 0.407 e. The predicted octanol–water partition coefficient (Wildman–Crippen LogP) is 4.13. The van der Waals surface area contributed by atoms with Crippen molar-refractivity contribution in [2.24, 2.45) is 0 Å². The summed E-state index contributed by atoms with van der Waals surface area (Å²) in [4.78, 5) is 11.9. The summed E-state index contributed by atoms with van der Waals surface area (Å²) < 4.78 is 5.35. The molecule has 1 aliphatic carbocycles. The molecule has 1 fully saturated rings. The summed E-state index contributed by atoms with van der Waals surface area (Å²) >= 11 is 0. The number of nitrogens with one attached hydrogen (secondary N) is 1. The van der Waals surface area contributed by atoms with Crippen molar-refractivity contribution in [1.82, 2.24) is 5.32 Å². The van der Waals surface area contributed by atoms with Gasteiger partial charge in [0.25, 0.3) is 0 Å². The van der Waals surface area contributed by atoms with Crippen LogP contribution in [-0.4, -0.2) is 17.7 Å². The van der Waals surface area contributed by atoms with E-state index < -0.39 is 5.60 Å². The molecule has 22 heavy (non-hydrogen) atoms. The fraction of sp³-hybridized carbons (Fsp3) is 0.611. The number of carbonyl (C=O) groups is 1. The molecule has 1 aromatic rings. The van der Waals surface area contributed by atoms with Crippen molar-refractivity contribution in [3.05, 3.63) is 29.3 Å². The first-order valence-corrected chi connectivity index (χ1v) is 8.10. The van der Waals surface area contributed by atoms with Gasteiger partial charge in [0.2, 0.25) is 0 Å². The monoisotopic (exact) mass is 304 g/mol. The summed E-state index contributed by atoms with van der Waals surface area (Å²) in [5, 5.41) is 3.02. The molecule has 0 radical (unpaired) electrons. The highest BCUT2D eigenvalue weighted by molar-refractivity contribution is 5.68. The van der Waals surface area contributed by atoms with Gasteiger partial charge < -0.3 is 15.8 Å². The minimum Gasteiger partial charge on any atom is -0.444 e. The van der Waals surface area contributed by atoms with Crippen molar-refractivity contribution in [3.8, 4) is 0 Å². The van der Waals surface area contributed by atoms with E-state index in [1.807, 2.05) is 26.8 Å². The van der Waals surface area contributed by atoms with E-state index in [-0.39, 0.29) is 12.1 Å². The van der Waals surface area contributed by atoms with Gasteiger partial charge in [0.15, 0.2) is 0 Å². The van der Waals surface area contributed by atoms with E-state index in [1.165, 1.54) is 11.1 Å². The predicted molar refractivity (Wildman–Crippen MR) is 90.0 cm³/mol. The van der Waals surface area contributed by atoms with Gasteiger partial charge in [0, 0.05) is 11.7 Å². The molecule has 3 N–H and O–H groups in total. The highest BCUT2D eigenvalue weighted by Gasteiger charge is 2.27. The number of nitrogens with two attached hydrogens (primary N) is 1. The highest BCUT2D eigenvalue weighted by Crippen LogP contribution is 2.35. The first-order chi connectivity index (χ1) is 10.2. The van der Waals surface area contributed by atoms with Crippen LogP contribution in [0.4, 0.5) is 10.5 Å². The van der Waals surface area contributed by atoms with E-state index in [1.54, 1.807) is 0 Å². The molecular weight excluding hydrogens is 276 g/mol. The number of anilines is 1. The maximum absolute atomic E-state index is 11.9. The summed E-state index contributed by atoms with van der Waals surface area (Å²) in [7, 11) is 0. The summed E-state index contributed by atoms with van der Waals surface area (Å²) in [6.07, 6.45) is 3.90. The molecule has 2 unspecified atom stereocenters. The number of benzene rings is 1. The van der Waals surface area contributed by atoms with Crippen LogP contribution in [0.1, 0.15) is 63.5 Å². The molecule has 1 aliphatic rings. The average molecular weight is 304 g/mol. The molecule has 1 aromatic carbocycles. The third-order valence-corrected chi connectivity index (χ3v) is 4.14. The lowest BCUT2D eigenvalue weighted by Crippen LogP contribution is -2.41. The topological polar surface area (TPSA) is 64.3 Å². The van der Waals surface area contributed by atoms with Crippen LogP contribution in [0.3, 0.4) is 0 Å². The van der Waals surface area contributed by atoms with Crippen LogP contribution in [0.25, 0.3) is 0 Å². The maximum atomic E-state index is 11.9. The zero-order valence-corrected chi connectivity index (χ0v) is 14.1. The van der Waals surface area contributed by atoms with E-state index in [9.17, 15) is 4.79 Å². The van der Waals surface area contributed by atoms with Gasteiger partial charge in [-0.3, -0.25) is 0 Å². The fourth-order valence-corrected chi connectivity index (χ4v) is 3.18. The quantitative estimate of drug-likeness (QED) is 0.807. The van der Waals surface area contributed by atoms with Crippen molar-refractivity contribution in [2.75, 3.05) is 5.73 Å². The Bertz CT molecular complexity index is 534. The molecule has 2 atom stereocenters. The van der Waals surface area contributed by atoms with E-state index in [0.717, 1.165) is 31.4 Å². The maximum Gasteiger partial charge on any atom is 0.407 e. The second kappa shape index (κ2) is 6.59. The third kappa shape index (κ3) is 4.65. The summed E-state index contributed by atoms with van der Waals surface area (Å²) in [5.41, 5.74) is 8.87. The Morgan fingerprint density at radius 1 is 1.32 bits per heavy atom. The lowest BCUT2D eigenvalue weighted by Gasteiger charge is -2.31. The van der Waals surface area contributed by atoms with Crippen LogP contribution in [-0.2, 0) is 4.74 Å².